The summed E-state index contributed by atoms with van der Waals surface area (Å²) in [5.74, 6) is 1.90. The van der Waals surface area contributed by atoms with Crippen molar-refractivity contribution in [3.8, 4) is 11.5 Å². The molecule has 0 amide bonds. The van der Waals surface area contributed by atoms with Gasteiger partial charge in [0.2, 0.25) is 10.0 Å². The molecule has 2 aromatic rings. The van der Waals surface area contributed by atoms with E-state index in [4.69, 9.17) is 9.47 Å². The number of hydrogen-bond donors (Lipinski definition) is 0. The van der Waals surface area contributed by atoms with Crippen LogP contribution in [0.25, 0.3) is 0 Å². The second kappa shape index (κ2) is 8.10. The van der Waals surface area contributed by atoms with E-state index in [1.54, 1.807) is 35.7 Å². The minimum absolute atomic E-state index is 0.313. The van der Waals surface area contributed by atoms with Gasteiger partial charge in [0.25, 0.3) is 0 Å². The van der Waals surface area contributed by atoms with Gasteiger partial charge in [-0.3, -0.25) is 0 Å². The number of aryl methyl sites for hydroxylation is 1. The van der Waals surface area contributed by atoms with Crippen LogP contribution in [0.5, 0.6) is 11.5 Å². The third-order valence-electron chi connectivity index (χ3n) is 4.75. The van der Waals surface area contributed by atoms with Crippen molar-refractivity contribution >= 4 is 10.0 Å². The lowest BCUT2D eigenvalue weighted by Gasteiger charge is -2.31. The Morgan fingerprint density at radius 1 is 1.04 bits per heavy atom. The van der Waals surface area contributed by atoms with E-state index in [0.29, 0.717) is 36.3 Å². The molecule has 0 saturated carbocycles. The van der Waals surface area contributed by atoms with Gasteiger partial charge in [0.15, 0.2) is 0 Å². The molecule has 0 atom stereocenters. The van der Waals surface area contributed by atoms with Crippen LogP contribution in [0.4, 0.5) is 0 Å². The lowest BCUT2D eigenvalue weighted by atomic mass is 9.99. The molecule has 1 aliphatic heterocycles. The summed E-state index contributed by atoms with van der Waals surface area (Å²) < 4.78 is 38.1. The van der Waals surface area contributed by atoms with E-state index < -0.39 is 10.0 Å². The van der Waals surface area contributed by atoms with E-state index in [1.165, 1.54) is 5.56 Å². The fourth-order valence-electron chi connectivity index (χ4n) is 3.13. The number of sulfonamides is 1. The maximum Gasteiger partial charge on any atom is 0.243 e. The molecular weight excluding hydrogens is 350 g/mol. The summed E-state index contributed by atoms with van der Waals surface area (Å²) in [6.45, 7) is 3.71. The zero-order valence-corrected chi connectivity index (χ0v) is 16.0. The first-order valence-electron chi connectivity index (χ1n) is 8.83. The predicted molar refractivity (Wildman–Crippen MR) is 101 cm³/mol. The molecule has 0 radical (unpaired) electrons. The molecule has 3 rings (SSSR count). The van der Waals surface area contributed by atoms with Gasteiger partial charge in [-0.25, -0.2) is 8.42 Å². The minimum Gasteiger partial charge on any atom is -0.497 e. The highest BCUT2D eigenvalue weighted by atomic mass is 32.2. The number of benzene rings is 2. The smallest absolute Gasteiger partial charge is 0.243 e. The molecule has 6 heteroatoms. The van der Waals surface area contributed by atoms with Gasteiger partial charge in [-0.2, -0.15) is 4.31 Å². The maximum atomic E-state index is 12.8. The molecule has 2 aromatic carbocycles. The molecule has 26 heavy (non-hydrogen) atoms. The average molecular weight is 375 g/mol. The summed E-state index contributed by atoms with van der Waals surface area (Å²) >= 11 is 0. The zero-order valence-electron chi connectivity index (χ0n) is 15.2. The molecule has 0 bridgehead atoms. The monoisotopic (exact) mass is 375 g/mol. The highest BCUT2D eigenvalue weighted by molar-refractivity contribution is 7.89. The molecule has 1 fully saturated rings. The molecule has 0 aromatic heterocycles. The number of methoxy groups -OCH3 is 1. The fourth-order valence-corrected chi connectivity index (χ4v) is 4.60. The Morgan fingerprint density at radius 3 is 2.35 bits per heavy atom. The minimum atomic E-state index is -3.45. The van der Waals surface area contributed by atoms with Gasteiger partial charge in [-0.1, -0.05) is 12.1 Å². The van der Waals surface area contributed by atoms with Crippen LogP contribution in [-0.4, -0.2) is 39.5 Å². The summed E-state index contributed by atoms with van der Waals surface area (Å²) in [4.78, 5) is 0.313. The Bertz CT molecular complexity index is 825. The molecule has 0 N–H and O–H groups in total. The van der Waals surface area contributed by atoms with Crippen molar-refractivity contribution in [3.63, 3.8) is 0 Å². The standard InChI is InChI=1S/C20H25NO4S/c1-16-4-3-5-19(14-16)25-15-17-10-12-21(13-11-17)26(22,23)20-8-6-18(24-2)7-9-20/h3-9,14,17H,10-13,15H2,1-2H3. The van der Waals surface area contributed by atoms with E-state index in [1.807, 2.05) is 31.2 Å². The summed E-state index contributed by atoms with van der Waals surface area (Å²) in [5.41, 5.74) is 1.17. The van der Waals surface area contributed by atoms with Gasteiger partial charge >= 0.3 is 0 Å². The lowest BCUT2D eigenvalue weighted by molar-refractivity contribution is 0.185. The first kappa shape index (κ1) is 18.7. The number of hydrogen-bond acceptors (Lipinski definition) is 4. The van der Waals surface area contributed by atoms with Crippen LogP contribution >= 0.6 is 0 Å². The SMILES string of the molecule is COc1ccc(S(=O)(=O)N2CCC(COc3cccc(C)c3)CC2)cc1. The predicted octanol–water partition coefficient (Wildman–Crippen LogP) is 3.48. The van der Waals surface area contributed by atoms with E-state index in [0.717, 1.165) is 18.6 Å². The van der Waals surface area contributed by atoms with Crippen molar-refractivity contribution < 1.29 is 17.9 Å². The van der Waals surface area contributed by atoms with E-state index in [-0.39, 0.29) is 0 Å². The van der Waals surface area contributed by atoms with Crippen molar-refractivity contribution in [2.45, 2.75) is 24.7 Å². The number of nitrogens with zero attached hydrogens (tertiary/aromatic N) is 1. The normalized spacial score (nSPS) is 16.4. The van der Waals surface area contributed by atoms with Crippen LogP contribution in [0.3, 0.4) is 0 Å². The molecule has 0 aliphatic carbocycles. The maximum absolute atomic E-state index is 12.8. The molecule has 140 valence electrons. The van der Waals surface area contributed by atoms with Crippen LogP contribution in [0, 0.1) is 12.8 Å². The topological polar surface area (TPSA) is 55.8 Å². The van der Waals surface area contributed by atoms with Crippen LogP contribution in [0.2, 0.25) is 0 Å². The van der Waals surface area contributed by atoms with Crippen LogP contribution in [0.1, 0.15) is 18.4 Å². The third kappa shape index (κ3) is 4.37. The molecule has 1 saturated heterocycles. The van der Waals surface area contributed by atoms with Crippen molar-refractivity contribution in [2.24, 2.45) is 5.92 Å². The summed E-state index contributed by atoms with van der Waals surface area (Å²) in [6, 6.07) is 14.5. The van der Waals surface area contributed by atoms with E-state index in [9.17, 15) is 8.42 Å². The lowest BCUT2D eigenvalue weighted by Crippen LogP contribution is -2.39. The quantitative estimate of drug-likeness (QED) is 0.776. The van der Waals surface area contributed by atoms with Gasteiger partial charge < -0.3 is 9.47 Å². The van der Waals surface area contributed by atoms with Gasteiger partial charge in [-0.15, -0.1) is 0 Å². The Balaban J connectivity index is 1.55. The van der Waals surface area contributed by atoms with Crippen LogP contribution in [0.15, 0.2) is 53.4 Å². The van der Waals surface area contributed by atoms with E-state index >= 15 is 0 Å². The van der Waals surface area contributed by atoms with Crippen molar-refractivity contribution in [3.05, 3.63) is 54.1 Å². The van der Waals surface area contributed by atoms with Crippen molar-refractivity contribution in [1.82, 2.24) is 4.31 Å². The largest absolute Gasteiger partial charge is 0.497 e. The van der Waals surface area contributed by atoms with Crippen LogP contribution < -0.4 is 9.47 Å². The van der Waals surface area contributed by atoms with E-state index in [2.05, 4.69) is 0 Å². The first-order valence-corrected chi connectivity index (χ1v) is 10.3. The Morgan fingerprint density at radius 2 is 1.73 bits per heavy atom. The van der Waals surface area contributed by atoms with Gasteiger partial charge in [0, 0.05) is 13.1 Å². The molecule has 5 nitrogen and oxygen atoms in total. The second-order valence-corrected chi connectivity index (χ2v) is 8.59. The third-order valence-corrected chi connectivity index (χ3v) is 6.66. The van der Waals surface area contributed by atoms with Gasteiger partial charge in [-0.05, 0) is 67.6 Å². The summed E-state index contributed by atoms with van der Waals surface area (Å²) in [6.07, 6.45) is 1.61. The highest BCUT2D eigenvalue weighted by Crippen LogP contribution is 2.26. The first-order chi connectivity index (χ1) is 12.5. The summed E-state index contributed by atoms with van der Waals surface area (Å²) in [7, 11) is -1.88. The van der Waals surface area contributed by atoms with Crippen LogP contribution in [-0.2, 0) is 10.0 Å². The number of ether oxygens (including phenoxy) is 2. The zero-order chi connectivity index (χ0) is 18.6. The fraction of sp³-hybridized carbons (Fsp3) is 0.400. The highest BCUT2D eigenvalue weighted by Gasteiger charge is 2.29. The Kier molecular flexibility index (Phi) is 5.84. The Hall–Kier alpha value is -2.05. The molecule has 0 spiro atoms. The Labute approximate surface area is 155 Å². The molecule has 0 unspecified atom stereocenters. The number of rotatable bonds is 6. The second-order valence-electron chi connectivity index (χ2n) is 6.65. The number of piperidine rings is 1. The molecule has 1 aliphatic rings. The van der Waals surface area contributed by atoms with Gasteiger partial charge in [0.1, 0.15) is 11.5 Å². The average Bonchev–Trinajstić information content (AvgIpc) is 2.67. The molecular formula is C20H25NO4S. The summed E-state index contributed by atoms with van der Waals surface area (Å²) in [5, 5.41) is 0. The molecule has 1 heterocycles. The van der Waals surface area contributed by atoms with Crippen molar-refractivity contribution in [1.29, 1.82) is 0 Å². The van der Waals surface area contributed by atoms with Gasteiger partial charge in [0.05, 0.1) is 18.6 Å². The van der Waals surface area contributed by atoms with Crippen molar-refractivity contribution in [2.75, 3.05) is 26.8 Å².